The lowest BCUT2D eigenvalue weighted by Crippen LogP contribution is -2.49. The largest absolute Gasteiger partial charge is 0.477 e. The van der Waals surface area contributed by atoms with Crippen LogP contribution in [0.5, 0.6) is 11.8 Å². The van der Waals surface area contributed by atoms with Gasteiger partial charge in [-0.3, -0.25) is 9.59 Å². The topological polar surface area (TPSA) is 113 Å². The van der Waals surface area contributed by atoms with Crippen LogP contribution in [-0.4, -0.2) is 71.3 Å². The highest BCUT2D eigenvalue weighted by Crippen LogP contribution is 2.24. The third-order valence-electron chi connectivity index (χ3n) is 6.58. The molecule has 4 rings (SSSR count). The van der Waals surface area contributed by atoms with Crippen molar-refractivity contribution in [3.8, 4) is 11.8 Å². The number of aliphatic hydroxyl groups excluding tert-OH is 1. The van der Waals surface area contributed by atoms with E-state index in [1.807, 2.05) is 24.0 Å². The number of likely N-dealkylation sites (tertiary alicyclic amines) is 1. The van der Waals surface area contributed by atoms with Crippen molar-refractivity contribution < 1.29 is 24.2 Å². The summed E-state index contributed by atoms with van der Waals surface area (Å²) >= 11 is 0. The summed E-state index contributed by atoms with van der Waals surface area (Å²) < 4.78 is 11.6. The van der Waals surface area contributed by atoms with Crippen LogP contribution in [0.3, 0.4) is 0 Å². The molecule has 36 heavy (non-hydrogen) atoms. The van der Waals surface area contributed by atoms with E-state index >= 15 is 0 Å². The molecule has 2 atom stereocenters. The Hall–Kier alpha value is -2.88. The molecular formula is C26H35ClN4O5. The number of amides is 2. The highest BCUT2D eigenvalue weighted by molar-refractivity contribution is 5.96. The molecule has 1 unspecified atom stereocenters. The average Bonchev–Trinajstić information content (AvgIpc) is 2.87. The number of benzene rings is 1. The van der Waals surface area contributed by atoms with E-state index in [0.717, 1.165) is 12.8 Å². The molecule has 196 valence electrons. The highest BCUT2D eigenvalue weighted by atomic mass is 35.5. The van der Waals surface area contributed by atoms with Gasteiger partial charge in [0.1, 0.15) is 11.7 Å². The van der Waals surface area contributed by atoms with Crippen molar-refractivity contribution in [2.75, 3.05) is 26.2 Å². The molecule has 0 bridgehead atoms. The Bertz CT molecular complexity index is 1040. The van der Waals surface area contributed by atoms with Crippen molar-refractivity contribution in [1.29, 1.82) is 0 Å². The molecule has 3 heterocycles. The molecule has 9 nitrogen and oxygen atoms in total. The zero-order chi connectivity index (χ0) is 24.8. The number of halogens is 1. The molecule has 1 saturated heterocycles. The summed E-state index contributed by atoms with van der Waals surface area (Å²) in [6, 6.07) is 11.3. The normalized spacial score (nSPS) is 18.4. The minimum Gasteiger partial charge on any atom is -0.477 e. The zero-order valence-corrected chi connectivity index (χ0v) is 21.6. The van der Waals surface area contributed by atoms with Crippen molar-refractivity contribution in [2.24, 2.45) is 0 Å². The first-order valence-corrected chi connectivity index (χ1v) is 12.3. The number of ether oxygens (including phenoxy) is 2. The second-order valence-corrected chi connectivity index (χ2v) is 9.00. The van der Waals surface area contributed by atoms with Crippen LogP contribution >= 0.6 is 12.4 Å². The van der Waals surface area contributed by atoms with Crippen molar-refractivity contribution in [2.45, 2.75) is 57.9 Å². The number of carbonyl (C=O) groups excluding carboxylic acids is 2. The molecule has 1 aromatic carbocycles. The number of piperidine rings is 1. The molecular weight excluding hydrogens is 484 g/mol. The molecule has 0 spiro atoms. The van der Waals surface area contributed by atoms with Gasteiger partial charge in [0.05, 0.1) is 12.7 Å². The first-order valence-electron chi connectivity index (χ1n) is 12.3. The summed E-state index contributed by atoms with van der Waals surface area (Å²) in [5.41, 5.74) is 2.74. The average molecular weight is 519 g/mol. The summed E-state index contributed by atoms with van der Waals surface area (Å²) in [5, 5.41) is 16.8. The summed E-state index contributed by atoms with van der Waals surface area (Å²) in [7, 11) is 0. The van der Waals surface area contributed by atoms with Gasteiger partial charge in [0, 0.05) is 58.1 Å². The quantitative estimate of drug-likeness (QED) is 0.490. The van der Waals surface area contributed by atoms with E-state index in [1.165, 1.54) is 11.1 Å². The zero-order valence-electron chi connectivity index (χ0n) is 20.7. The monoisotopic (exact) mass is 518 g/mol. The predicted molar refractivity (Wildman–Crippen MR) is 138 cm³/mol. The van der Waals surface area contributed by atoms with E-state index in [-0.39, 0.29) is 48.8 Å². The Kier molecular flexibility index (Phi) is 9.92. The fourth-order valence-electron chi connectivity index (χ4n) is 4.55. The maximum absolute atomic E-state index is 12.9. The summed E-state index contributed by atoms with van der Waals surface area (Å²) in [4.78, 5) is 30.6. The van der Waals surface area contributed by atoms with E-state index in [4.69, 9.17) is 9.47 Å². The maximum atomic E-state index is 12.9. The molecule has 2 aliphatic heterocycles. The van der Waals surface area contributed by atoms with Crippen LogP contribution < -0.4 is 20.1 Å². The maximum Gasteiger partial charge on any atom is 0.256 e. The molecule has 1 aromatic heterocycles. The third kappa shape index (κ3) is 6.87. The van der Waals surface area contributed by atoms with Crippen molar-refractivity contribution >= 4 is 24.2 Å². The van der Waals surface area contributed by atoms with Crippen LogP contribution in [0.25, 0.3) is 0 Å². The van der Waals surface area contributed by atoms with Gasteiger partial charge in [-0.25, -0.2) is 0 Å². The standard InChI is InChI=1S/C26H34N4O5.ClH/c1-3-34-26-21(8-9-24(29-26)35-20-10-12-30(13-11-20)17(2)31)25(33)28-16-23(32)22-14-18-6-4-5-7-19(18)15-27-22;/h4-9,20,22-23,27,32H,3,10-16H2,1-2H3,(H,28,33);1H/t22-,23?;/m0./s1. The van der Waals surface area contributed by atoms with Gasteiger partial charge < -0.3 is 30.1 Å². The number of hydrogen-bond acceptors (Lipinski definition) is 7. The van der Waals surface area contributed by atoms with Crippen molar-refractivity contribution in [1.82, 2.24) is 20.5 Å². The third-order valence-corrected chi connectivity index (χ3v) is 6.58. The Morgan fingerprint density at radius 2 is 1.92 bits per heavy atom. The Balaban J connectivity index is 0.00000361. The van der Waals surface area contributed by atoms with E-state index < -0.39 is 6.10 Å². The van der Waals surface area contributed by atoms with Crippen LogP contribution in [0.4, 0.5) is 0 Å². The van der Waals surface area contributed by atoms with Gasteiger partial charge in [0.25, 0.3) is 5.91 Å². The Morgan fingerprint density at radius 1 is 1.19 bits per heavy atom. The van der Waals surface area contributed by atoms with Gasteiger partial charge in [-0.2, -0.15) is 4.98 Å². The number of nitrogens with zero attached hydrogens (tertiary/aromatic N) is 2. The Morgan fingerprint density at radius 3 is 2.61 bits per heavy atom. The SMILES string of the molecule is CCOc1nc(OC2CCN(C(C)=O)CC2)ccc1C(=O)NCC(O)[C@@H]1Cc2ccccc2CN1.Cl. The highest BCUT2D eigenvalue weighted by Gasteiger charge is 2.26. The van der Waals surface area contributed by atoms with Crippen molar-refractivity contribution in [3.05, 3.63) is 53.1 Å². The lowest BCUT2D eigenvalue weighted by Gasteiger charge is -2.31. The summed E-state index contributed by atoms with van der Waals surface area (Å²) in [5.74, 6) is 0.293. The van der Waals surface area contributed by atoms with Gasteiger partial charge in [-0.15, -0.1) is 12.4 Å². The number of hydrogen-bond donors (Lipinski definition) is 3. The first-order chi connectivity index (χ1) is 16.9. The van der Waals surface area contributed by atoms with E-state index in [9.17, 15) is 14.7 Å². The Labute approximate surface area is 218 Å². The van der Waals surface area contributed by atoms with Gasteiger partial charge >= 0.3 is 0 Å². The molecule has 2 aromatic rings. The molecule has 3 N–H and O–H groups in total. The number of nitrogens with one attached hydrogen (secondary N) is 2. The number of carbonyl (C=O) groups is 2. The van der Waals surface area contributed by atoms with E-state index in [0.29, 0.717) is 44.1 Å². The van der Waals surface area contributed by atoms with Crippen LogP contribution in [-0.2, 0) is 17.8 Å². The molecule has 1 fully saturated rings. The summed E-state index contributed by atoms with van der Waals surface area (Å²) in [6.45, 7) is 5.86. The molecule has 0 aliphatic carbocycles. The number of fused-ring (bicyclic) bond motifs is 1. The molecule has 2 amide bonds. The molecule has 10 heteroatoms. The van der Waals surface area contributed by atoms with Gasteiger partial charge in [-0.1, -0.05) is 24.3 Å². The van der Waals surface area contributed by atoms with Gasteiger partial charge in [0.2, 0.25) is 17.7 Å². The second kappa shape index (κ2) is 12.9. The fourth-order valence-corrected chi connectivity index (χ4v) is 4.55. The number of aliphatic hydroxyl groups is 1. The minimum atomic E-state index is -0.737. The number of pyridine rings is 1. The van der Waals surface area contributed by atoms with E-state index in [2.05, 4.69) is 27.8 Å². The predicted octanol–water partition coefficient (Wildman–Crippen LogP) is 2.10. The van der Waals surface area contributed by atoms with Crippen LogP contribution in [0.1, 0.15) is 48.2 Å². The van der Waals surface area contributed by atoms with Gasteiger partial charge in [0.15, 0.2) is 0 Å². The number of rotatable bonds is 8. The second-order valence-electron chi connectivity index (χ2n) is 9.00. The lowest BCUT2D eigenvalue weighted by molar-refractivity contribution is -0.130. The number of aromatic nitrogens is 1. The fraction of sp³-hybridized carbons (Fsp3) is 0.500. The minimum absolute atomic E-state index is 0. The van der Waals surface area contributed by atoms with Crippen molar-refractivity contribution in [3.63, 3.8) is 0 Å². The smallest absolute Gasteiger partial charge is 0.256 e. The van der Waals surface area contributed by atoms with Crippen LogP contribution in [0.15, 0.2) is 36.4 Å². The molecule has 2 aliphatic rings. The van der Waals surface area contributed by atoms with Crippen LogP contribution in [0.2, 0.25) is 0 Å². The van der Waals surface area contributed by atoms with Gasteiger partial charge in [-0.05, 0) is 30.5 Å². The van der Waals surface area contributed by atoms with E-state index in [1.54, 1.807) is 19.1 Å². The first kappa shape index (κ1) is 27.7. The lowest BCUT2D eigenvalue weighted by atomic mass is 9.93. The molecule has 0 saturated carbocycles. The van der Waals surface area contributed by atoms with Crippen LogP contribution in [0, 0.1) is 0 Å². The summed E-state index contributed by atoms with van der Waals surface area (Å²) in [6.07, 6.45) is 1.38. The molecule has 0 radical (unpaired) electrons.